The van der Waals surface area contributed by atoms with E-state index in [0.717, 1.165) is 23.7 Å². The quantitative estimate of drug-likeness (QED) is 0.722. The highest BCUT2D eigenvalue weighted by molar-refractivity contribution is 7.85. The molecule has 0 saturated carbocycles. The summed E-state index contributed by atoms with van der Waals surface area (Å²) in [6.07, 6.45) is 1.19. The maximum absolute atomic E-state index is 12.2. The second kappa shape index (κ2) is 9.40. The SMILES string of the molecule is CN1CCN(CCCN(C)CC[S@@](=O)c2ccccc2)CC1. The summed E-state index contributed by atoms with van der Waals surface area (Å²) in [4.78, 5) is 8.18. The Kier molecular flexibility index (Phi) is 7.52. The van der Waals surface area contributed by atoms with Crippen molar-refractivity contribution in [1.82, 2.24) is 14.7 Å². The first-order valence-corrected chi connectivity index (χ1v) is 9.50. The Balaban J connectivity index is 1.58. The summed E-state index contributed by atoms with van der Waals surface area (Å²) in [6.45, 7) is 7.91. The minimum absolute atomic E-state index is 0.717. The second-order valence-corrected chi connectivity index (χ2v) is 7.74. The summed E-state index contributed by atoms with van der Waals surface area (Å²) in [7, 11) is 3.45. The van der Waals surface area contributed by atoms with Crippen molar-refractivity contribution in [2.24, 2.45) is 0 Å². The largest absolute Gasteiger partial charge is 0.305 e. The van der Waals surface area contributed by atoms with Gasteiger partial charge in [-0.3, -0.25) is 4.21 Å². The molecule has 1 saturated heterocycles. The van der Waals surface area contributed by atoms with Gasteiger partial charge < -0.3 is 14.7 Å². The number of nitrogens with zero attached hydrogens (tertiary/aromatic N) is 3. The fraction of sp³-hybridized carbons (Fsp3) is 0.647. The number of hydrogen-bond acceptors (Lipinski definition) is 4. The molecule has 1 heterocycles. The van der Waals surface area contributed by atoms with Gasteiger partial charge in [-0.25, -0.2) is 0 Å². The molecule has 1 fully saturated rings. The average Bonchev–Trinajstić information content (AvgIpc) is 2.55. The van der Waals surface area contributed by atoms with Crippen LogP contribution < -0.4 is 0 Å². The molecule has 0 aromatic heterocycles. The molecule has 0 aliphatic carbocycles. The van der Waals surface area contributed by atoms with Crippen LogP contribution in [0.4, 0.5) is 0 Å². The van der Waals surface area contributed by atoms with E-state index in [1.807, 2.05) is 30.3 Å². The number of benzene rings is 1. The molecule has 0 spiro atoms. The van der Waals surface area contributed by atoms with E-state index in [0.29, 0.717) is 0 Å². The zero-order chi connectivity index (χ0) is 15.8. The summed E-state index contributed by atoms with van der Waals surface area (Å²) < 4.78 is 12.2. The molecule has 22 heavy (non-hydrogen) atoms. The van der Waals surface area contributed by atoms with Gasteiger partial charge in [-0.1, -0.05) is 18.2 Å². The summed E-state index contributed by atoms with van der Waals surface area (Å²) in [6, 6.07) is 9.76. The lowest BCUT2D eigenvalue weighted by Gasteiger charge is -2.32. The van der Waals surface area contributed by atoms with Crippen LogP contribution in [0.3, 0.4) is 0 Å². The maximum Gasteiger partial charge on any atom is 0.0542 e. The zero-order valence-electron chi connectivity index (χ0n) is 13.9. The van der Waals surface area contributed by atoms with Crippen molar-refractivity contribution in [2.75, 3.05) is 65.7 Å². The molecule has 5 heteroatoms. The summed E-state index contributed by atoms with van der Waals surface area (Å²) in [5.74, 6) is 0.717. The molecule has 2 rings (SSSR count). The lowest BCUT2D eigenvalue weighted by Crippen LogP contribution is -2.45. The highest BCUT2D eigenvalue weighted by atomic mass is 32.2. The molecule has 0 radical (unpaired) electrons. The lowest BCUT2D eigenvalue weighted by atomic mass is 10.3. The van der Waals surface area contributed by atoms with Crippen LogP contribution in [0.1, 0.15) is 6.42 Å². The number of likely N-dealkylation sites (N-methyl/N-ethyl adjacent to an activating group) is 1. The fourth-order valence-electron chi connectivity index (χ4n) is 2.68. The smallest absolute Gasteiger partial charge is 0.0542 e. The van der Waals surface area contributed by atoms with E-state index < -0.39 is 10.8 Å². The fourth-order valence-corrected chi connectivity index (χ4v) is 3.85. The van der Waals surface area contributed by atoms with Gasteiger partial charge in [0.25, 0.3) is 0 Å². The van der Waals surface area contributed by atoms with E-state index in [1.165, 1.54) is 39.1 Å². The highest BCUT2D eigenvalue weighted by Crippen LogP contribution is 2.06. The molecule has 0 unspecified atom stereocenters. The van der Waals surface area contributed by atoms with E-state index in [2.05, 4.69) is 28.8 Å². The summed E-state index contributed by atoms with van der Waals surface area (Å²) in [5, 5.41) is 0. The summed E-state index contributed by atoms with van der Waals surface area (Å²) in [5.41, 5.74) is 0. The van der Waals surface area contributed by atoms with Crippen LogP contribution in [0, 0.1) is 0 Å². The third kappa shape index (κ3) is 6.16. The Labute approximate surface area is 137 Å². The van der Waals surface area contributed by atoms with Gasteiger partial charge in [0, 0.05) is 43.4 Å². The molecule has 0 N–H and O–H groups in total. The van der Waals surface area contributed by atoms with Gasteiger partial charge in [-0.15, -0.1) is 0 Å². The molecule has 0 amide bonds. The Bertz CT molecular complexity index is 446. The van der Waals surface area contributed by atoms with Crippen LogP contribution in [0.15, 0.2) is 35.2 Å². The van der Waals surface area contributed by atoms with Crippen LogP contribution in [0.5, 0.6) is 0 Å². The Morgan fingerprint density at radius 3 is 2.45 bits per heavy atom. The highest BCUT2D eigenvalue weighted by Gasteiger charge is 2.13. The number of piperazine rings is 1. The predicted molar refractivity (Wildman–Crippen MR) is 93.8 cm³/mol. The van der Waals surface area contributed by atoms with Crippen molar-refractivity contribution in [3.8, 4) is 0 Å². The first kappa shape index (κ1) is 17.6. The molecule has 1 aliphatic heterocycles. The Morgan fingerprint density at radius 2 is 1.77 bits per heavy atom. The van der Waals surface area contributed by atoms with Gasteiger partial charge in [0.05, 0.1) is 10.8 Å². The normalized spacial score (nSPS) is 18.7. The first-order valence-electron chi connectivity index (χ1n) is 8.18. The van der Waals surface area contributed by atoms with E-state index in [4.69, 9.17) is 0 Å². The van der Waals surface area contributed by atoms with Gasteiger partial charge in [0.2, 0.25) is 0 Å². The van der Waals surface area contributed by atoms with Crippen molar-refractivity contribution in [3.63, 3.8) is 0 Å². The van der Waals surface area contributed by atoms with Crippen LogP contribution in [-0.4, -0.2) is 84.6 Å². The topological polar surface area (TPSA) is 26.8 Å². The van der Waals surface area contributed by atoms with Gasteiger partial charge in [0.1, 0.15) is 0 Å². The molecule has 1 aliphatic rings. The molecule has 1 aromatic rings. The Morgan fingerprint density at radius 1 is 1.09 bits per heavy atom. The minimum atomic E-state index is -0.875. The van der Waals surface area contributed by atoms with Crippen LogP contribution >= 0.6 is 0 Å². The molecule has 1 aromatic carbocycles. The van der Waals surface area contributed by atoms with E-state index >= 15 is 0 Å². The Hall–Kier alpha value is -0.750. The third-order valence-electron chi connectivity index (χ3n) is 4.27. The number of hydrogen-bond donors (Lipinski definition) is 0. The molecule has 4 nitrogen and oxygen atoms in total. The molecule has 1 atom stereocenters. The van der Waals surface area contributed by atoms with Crippen molar-refractivity contribution < 1.29 is 4.21 Å². The van der Waals surface area contributed by atoms with E-state index in [-0.39, 0.29) is 0 Å². The van der Waals surface area contributed by atoms with Crippen molar-refractivity contribution in [3.05, 3.63) is 30.3 Å². The van der Waals surface area contributed by atoms with Crippen LogP contribution in [0.2, 0.25) is 0 Å². The van der Waals surface area contributed by atoms with Gasteiger partial charge >= 0.3 is 0 Å². The molecular formula is C17H29N3OS. The van der Waals surface area contributed by atoms with E-state index in [9.17, 15) is 4.21 Å². The lowest BCUT2D eigenvalue weighted by molar-refractivity contribution is 0.148. The third-order valence-corrected chi connectivity index (χ3v) is 5.63. The van der Waals surface area contributed by atoms with Crippen molar-refractivity contribution in [2.45, 2.75) is 11.3 Å². The maximum atomic E-state index is 12.2. The van der Waals surface area contributed by atoms with Gasteiger partial charge in [-0.05, 0) is 45.7 Å². The van der Waals surface area contributed by atoms with Crippen molar-refractivity contribution >= 4 is 10.8 Å². The van der Waals surface area contributed by atoms with E-state index in [1.54, 1.807) is 0 Å². The molecule has 0 bridgehead atoms. The van der Waals surface area contributed by atoms with Gasteiger partial charge in [-0.2, -0.15) is 0 Å². The van der Waals surface area contributed by atoms with Gasteiger partial charge in [0.15, 0.2) is 0 Å². The molecule has 124 valence electrons. The zero-order valence-corrected chi connectivity index (χ0v) is 14.7. The van der Waals surface area contributed by atoms with Crippen LogP contribution in [0.25, 0.3) is 0 Å². The monoisotopic (exact) mass is 323 g/mol. The average molecular weight is 324 g/mol. The first-order chi connectivity index (χ1) is 10.6. The number of rotatable bonds is 8. The second-order valence-electron chi connectivity index (χ2n) is 6.16. The van der Waals surface area contributed by atoms with Crippen LogP contribution in [-0.2, 0) is 10.8 Å². The molecular weight excluding hydrogens is 294 g/mol. The standard InChI is InChI=1S/C17H29N3OS/c1-18(9-6-10-20-13-11-19(2)12-14-20)15-16-22(21)17-7-4-3-5-8-17/h3-5,7-8H,6,9-16H2,1-2H3/t22-/m1/s1. The minimum Gasteiger partial charge on any atom is -0.305 e. The summed E-state index contributed by atoms with van der Waals surface area (Å²) >= 11 is 0. The predicted octanol–water partition coefficient (Wildman–Crippen LogP) is 1.36. The van der Waals surface area contributed by atoms with Crippen molar-refractivity contribution in [1.29, 1.82) is 0 Å².